The van der Waals surface area contributed by atoms with Crippen molar-refractivity contribution in [3.63, 3.8) is 0 Å². The number of hydrogen-bond donors (Lipinski definition) is 2. The van der Waals surface area contributed by atoms with E-state index in [1.807, 2.05) is 43.3 Å². The van der Waals surface area contributed by atoms with Crippen LogP contribution >= 0.6 is 24.0 Å². The fourth-order valence-electron chi connectivity index (χ4n) is 3.24. The molecule has 30 heavy (non-hydrogen) atoms. The van der Waals surface area contributed by atoms with Crippen molar-refractivity contribution < 1.29 is 9.53 Å². The maximum Gasteiger partial charge on any atom is 0.227 e. The van der Waals surface area contributed by atoms with Gasteiger partial charge >= 0.3 is 0 Å². The Hall–Kier alpha value is -2.36. The number of aromatic nitrogens is 1. The third-order valence-electron chi connectivity index (χ3n) is 4.81. The molecule has 8 heteroatoms. The van der Waals surface area contributed by atoms with Crippen LogP contribution in [0.3, 0.4) is 0 Å². The maximum absolute atomic E-state index is 12.1. The number of nitrogens with one attached hydrogen (secondary N) is 2. The average Bonchev–Trinajstić information content (AvgIpc) is 2.74. The van der Waals surface area contributed by atoms with Crippen molar-refractivity contribution in [2.45, 2.75) is 32.3 Å². The summed E-state index contributed by atoms with van der Waals surface area (Å²) in [6.45, 7) is 4.23. The van der Waals surface area contributed by atoms with Gasteiger partial charge < -0.3 is 20.3 Å². The molecule has 1 aromatic heterocycles. The van der Waals surface area contributed by atoms with Crippen molar-refractivity contribution in [3.8, 4) is 5.75 Å². The zero-order valence-electron chi connectivity index (χ0n) is 17.5. The van der Waals surface area contributed by atoms with Gasteiger partial charge in [0.25, 0.3) is 0 Å². The lowest BCUT2D eigenvalue weighted by Crippen LogP contribution is -2.48. The molecule has 1 aliphatic heterocycles. The maximum atomic E-state index is 12.1. The zero-order chi connectivity index (χ0) is 20.5. The number of aryl methyl sites for hydroxylation is 1. The molecule has 3 rings (SSSR count). The molecule has 0 unspecified atom stereocenters. The molecule has 0 saturated carbocycles. The van der Waals surface area contributed by atoms with Crippen LogP contribution in [0.2, 0.25) is 0 Å². The molecule has 1 saturated heterocycles. The van der Waals surface area contributed by atoms with Crippen molar-refractivity contribution in [3.05, 3.63) is 54.2 Å². The van der Waals surface area contributed by atoms with Gasteiger partial charge in [0.05, 0.1) is 0 Å². The summed E-state index contributed by atoms with van der Waals surface area (Å²) in [5.74, 6) is 2.25. The molecule has 0 aliphatic carbocycles. The van der Waals surface area contributed by atoms with Crippen LogP contribution in [-0.4, -0.2) is 54.5 Å². The SMILES string of the molecule is CN=C(NCCC(=O)Nc1ccc(C)cn1)N1CCC(Oc2ccccc2)CC1.I. The normalized spacial score (nSPS) is 14.6. The topological polar surface area (TPSA) is 78.8 Å². The molecular formula is C22H30IN5O2. The monoisotopic (exact) mass is 523 g/mol. The fourth-order valence-corrected chi connectivity index (χ4v) is 3.24. The second kappa shape index (κ2) is 12.4. The van der Waals surface area contributed by atoms with Gasteiger partial charge in [-0.25, -0.2) is 4.98 Å². The third kappa shape index (κ3) is 7.47. The Balaban J connectivity index is 0.00000320. The van der Waals surface area contributed by atoms with Crippen LogP contribution in [0, 0.1) is 6.92 Å². The van der Waals surface area contributed by atoms with E-state index in [0.717, 1.165) is 43.2 Å². The van der Waals surface area contributed by atoms with Gasteiger partial charge in [0.2, 0.25) is 5.91 Å². The molecule has 1 fully saturated rings. The molecule has 1 aromatic carbocycles. The van der Waals surface area contributed by atoms with E-state index in [9.17, 15) is 4.79 Å². The summed E-state index contributed by atoms with van der Waals surface area (Å²) < 4.78 is 6.05. The zero-order valence-corrected chi connectivity index (χ0v) is 19.8. The second-order valence-corrected chi connectivity index (χ2v) is 7.11. The number of nitrogens with zero attached hydrogens (tertiary/aromatic N) is 3. The number of pyridine rings is 1. The van der Waals surface area contributed by atoms with Crippen LogP contribution in [0.5, 0.6) is 5.75 Å². The lowest BCUT2D eigenvalue weighted by molar-refractivity contribution is -0.116. The molecule has 7 nitrogen and oxygen atoms in total. The smallest absolute Gasteiger partial charge is 0.227 e. The Bertz CT molecular complexity index is 806. The molecule has 0 atom stereocenters. The minimum absolute atomic E-state index is 0. The summed E-state index contributed by atoms with van der Waals surface area (Å²) in [6.07, 6.45) is 4.19. The van der Waals surface area contributed by atoms with Gasteiger partial charge in [0.1, 0.15) is 17.7 Å². The minimum Gasteiger partial charge on any atom is -0.490 e. The summed E-state index contributed by atoms with van der Waals surface area (Å²) in [7, 11) is 1.77. The Morgan fingerprint density at radius 2 is 1.93 bits per heavy atom. The highest BCUT2D eigenvalue weighted by Gasteiger charge is 2.22. The van der Waals surface area contributed by atoms with Gasteiger partial charge in [-0.2, -0.15) is 0 Å². The Morgan fingerprint density at radius 1 is 1.20 bits per heavy atom. The molecule has 2 aromatic rings. The number of rotatable bonds is 6. The number of guanidine groups is 1. The number of aliphatic imine (C=N–C) groups is 1. The number of hydrogen-bond acceptors (Lipinski definition) is 4. The molecule has 1 amide bonds. The summed E-state index contributed by atoms with van der Waals surface area (Å²) in [5, 5.41) is 6.09. The van der Waals surface area contributed by atoms with Crippen molar-refractivity contribution >= 4 is 41.7 Å². The van der Waals surface area contributed by atoms with Crippen LogP contribution in [0.15, 0.2) is 53.7 Å². The first-order valence-corrected chi connectivity index (χ1v) is 10.0. The average molecular weight is 523 g/mol. The lowest BCUT2D eigenvalue weighted by Gasteiger charge is -2.34. The van der Waals surface area contributed by atoms with Crippen LogP contribution in [0.25, 0.3) is 0 Å². The Morgan fingerprint density at radius 3 is 2.57 bits per heavy atom. The van der Waals surface area contributed by atoms with Gasteiger partial charge in [-0.1, -0.05) is 24.3 Å². The van der Waals surface area contributed by atoms with E-state index in [4.69, 9.17) is 4.74 Å². The number of carbonyl (C=O) groups excluding carboxylic acids is 1. The number of amides is 1. The molecule has 2 heterocycles. The molecular weight excluding hydrogens is 493 g/mol. The molecule has 0 spiro atoms. The third-order valence-corrected chi connectivity index (χ3v) is 4.81. The van der Waals surface area contributed by atoms with E-state index in [1.165, 1.54) is 0 Å². The van der Waals surface area contributed by atoms with E-state index in [2.05, 4.69) is 25.5 Å². The summed E-state index contributed by atoms with van der Waals surface area (Å²) >= 11 is 0. The van der Waals surface area contributed by atoms with Crippen molar-refractivity contribution in [1.82, 2.24) is 15.2 Å². The Kier molecular flexibility index (Phi) is 9.85. The summed E-state index contributed by atoms with van der Waals surface area (Å²) in [5.41, 5.74) is 1.06. The molecule has 2 N–H and O–H groups in total. The van der Waals surface area contributed by atoms with Crippen LogP contribution < -0.4 is 15.4 Å². The van der Waals surface area contributed by atoms with Gasteiger partial charge in [0, 0.05) is 52.1 Å². The number of halogens is 1. The van der Waals surface area contributed by atoms with Gasteiger partial charge in [-0.05, 0) is 30.7 Å². The standard InChI is InChI=1S/C22H29N5O2.HI/c1-17-8-9-20(25-16-17)26-21(28)10-13-24-22(23-2)27-14-11-19(12-15-27)29-18-6-4-3-5-7-18;/h3-9,16,19H,10-15H2,1-2H3,(H,23,24)(H,25,26,28);1H. The largest absolute Gasteiger partial charge is 0.490 e. The van der Waals surface area contributed by atoms with Gasteiger partial charge in [-0.3, -0.25) is 9.79 Å². The highest BCUT2D eigenvalue weighted by molar-refractivity contribution is 14.0. The quantitative estimate of drug-likeness (QED) is 0.345. The summed E-state index contributed by atoms with van der Waals surface area (Å²) in [6, 6.07) is 13.7. The van der Waals surface area contributed by atoms with Crippen molar-refractivity contribution in [2.75, 3.05) is 32.0 Å². The second-order valence-electron chi connectivity index (χ2n) is 7.11. The highest BCUT2D eigenvalue weighted by Crippen LogP contribution is 2.18. The van der Waals surface area contributed by atoms with E-state index in [0.29, 0.717) is 18.8 Å². The first-order valence-electron chi connectivity index (χ1n) is 10.0. The van der Waals surface area contributed by atoms with Gasteiger partial charge in [-0.15, -0.1) is 24.0 Å². The van der Waals surface area contributed by atoms with E-state index in [1.54, 1.807) is 19.3 Å². The summed E-state index contributed by atoms with van der Waals surface area (Å²) in [4.78, 5) is 22.9. The number of ether oxygens (including phenoxy) is 1. The van der Waals surface area contributed by atoms with Gasteiger partial charge in [0.15, 0.2) is 5.96 Å². The molecule has 0 bridgehead atoms. The van der Waals surface area contributed by atoms with E-state index >= 15 is 0 Å². The first kappa shape index (κ1) is 23.9. The van der Waals surface area contributed by atoms with Crippen LogP contribution in [0.1, 0.15) is 24.8 Å². The molecule has 1 aliphatic rings. The van der Waals surface area contributed by atoms with Crippen LogP contribution in [0.4, 0.5) is 5.82 Å². The Labute approximate surface area is 195 Å². The number of benzene rings is 1. The lowest BCUT2D eigenvalue weighted by atomic mass is 10.1. The molecule has 162 valence electrons. The number of likely N-dealkylation sites (tertiary alicyclic amines) is 1. The highest BCUT2D eigenvalue weighted by atomic mass is 127. The van der Waals surface area contributed by atoms with Crippen molar-refractivity contribution in [2.24, 2.45) is 4.99 Å². The van der Waals surface area contributed by atoms with Crippen LogP contribution in [-0.2, 0) is 4.79 Å². The predicted molar refractivity (Wildman–Crippen MR) is 131 cm³/mol. The number of piperidine rings is 1. The number of carbonyl (C=O) groups is 1. The van der Waals surface area contributed by atoms with E-state index < -0.39 is 0 Å². The number of anilines is 1. The fraction of sp³-hybridized carbons (Fsp3) is 0.409. The minimum atomic E-state index is -0.0701. The van der Waals surface area contributed by atoms with E-state index in [-0.39, 0.29) is 36.0 Å². The molecule has 0 radical (unpaired) electrons. The number of para-hydroxylation sites is 1. The van der Waals surface area contributed by atoms with Crippen molar-refractivity contribution in [1.29, 1.82) is 0 Å². The first-order chi connectivity index (χ1) is 14.1. The predicted octanol–water partition coefficient (Wildman–Crippen LogP) is 3.46.